The highest BCUT2D eigenvalue weighted by atomic mass is 35.5. The van der Waals surface area contributed by atoms with Gasteiger partial charge in [0.25, 0.3) is 0 Å². The Balaban J connectivity index is 2.00. The molecule has 6 heteroatoms. The number of carbonyl (C=O) groups excluding carboxylic acids is 1. The molecule has 4 nitrogen and oxygen atoms in total. The molecule has 0 spiro atoms. The van der Waals surface area contributed by atoms with E-state index in [1.54, 1.807) is 29.5 Å². The van der Waals surface area contributed by atoms with E-state index in [2.05, 4.69) is 16.1 Å². The number of nitriles is 1. The summed E-state index contributed by atoms with van der Waals surface area (Å²) in [5.74, 6) is -0.249. The molecule has 0 saturated heterocycles. The van der Waals surface area contributed by atoms with Crippen molar-refractivity contribution in [2.24, 2.45) is 0 Å². The van der Waals surface area contributed by atoms with Crippen LogP contribution in [0.15, 0.2) is 30.3 Å². The molecule has 0 radical (unpaired) electrons. The van der Waals surface area contributed by atoms with Crippen molar-refractivity contribution in [1.82, 2.24) is 0 Å². The van der Waals surface area contributed by atoms with E-state index in [9.17, 15) is 4.79 Å². The zero-order valence-electron chi connectivity index (χ0n) is 11.4. The van der Waals surface area contributed by atoms with Crippen LogP contribution in [0.4, 0.5) is 5.69 Å². The molecule has 1 heterocycles. The number of anilines is 1. The lowest BCUT2D eigenvalue weighted by Crippen LogP contribution is -2.02. The highest BCUT2D eigenvalue weighted by Crippen LogP contribution is 2.25. The minimum Gasteiger partial charge on any atom is -0.469 e. The average Bonchev–Trinajstić information content (AvgIpc) is 2.93. The summed E-state index contributed by atoms with van der Waals surface area (Å²) in [5, 5.41) is 12.7. The van der Waals surface area contributed by atoms with Gasteiger partial charge in [0.05, 0.1) is 35.9 Å². The van der Waals surface area contributed by atoms with Crippen LogP contribution in [-0.2, 0) is 22.5 Å². The summed E-state index contributed by atoms with van der Waals surface area (Å²) < 4.78 is 4.64. The van der Waals surface area contributed by atoms with Crippen LogP contribution in [0.25, 0.3) is 0 Å². The van der Waals surface area contributed by atoms with Crippen LogP contribution >= 0.6 is 22.9 Å². The number of nitrogens with one attached hydrogen (secondary N) is 1. The molecule has 0 unspecified atom stereocenters. The number of hydrogen-bond acceptors (Lipinski definition) is 5. The van der Waals surface area contributed by atoms with Crippen molar-refractivity contribution >= 4 is 34.6 Å². The van der Waals surface area contributed by atoms with Crippen molar-refractivity contribution in [2.75, 3.05) is 12.4 Å². The highest BCUT2D eigenvalue weighted by Gasteiger charge is 2.07. The van der Waals surface area contributed by atoms with E-state index < -0.39 is 0 Å². The zero-order valence-corrected chi connectivity index (χ0v) is 12.9. The first-order chi connectivity index (χ1) is 10.1. The second kappa shape index (κ2) is 7.11. The van der Waals surface area contributed by atoms with Gasteiger partial charge in [0.2, 0.25) is 0 Å². The van der Waals surface area contributed by atoms with E-state index in [-0.39, 0.29) is 12.4 Å². The van der Waals surface area contributed by atoms with Crippen LogP contribution in [0.3, 0.4) is 0 Å². The monoisotopic (exact) mass is 320 g/mol. The molecule has 21 heavy (non-hydrogen) atoms. The molecule has 1 aromatic heterocycles. The maximum absolute atomic E-state index is 11.2. The maximum atomic E-state index is 11.2. The van der Waals surface area contributed by atoms with Crippen molar-refractivity contribution < 1.29 is 9.53 Å². The Morgan fingerprint density at radius 2 is 2.14 bits per heavy atom. The molecule has 0 fully saturated rings. The Bertz CT molecular complexity index is 691. The fourth-order valence-electron chi connectivity index (χ4n) is 1.74. The molecule has 0 bridgehead atoms. The van der Waals surface area contributed by atoms with Gasteiger partial charge in [-0.25, -0.2) is 0 Å². The molecule has 1 N–H and O–H groups in total. The number of hydrogen-bond donors (Lipinski definition) is 1. The van der Waals surface area contributed by atoms with Crippen molar-refractivity contribution in [2.45, 2.75) is 13.0 Å². The molecule has 0 amide bonds. The topological polar surface area (TPSA) is 62.1 Å². The van der Waals surface area contributed by atoms with E-state index in [0.29, 0.717) is 17.1 Å². The average molecular weight is 321 g/mol. The molecule has 0 saturated carbocycles. The number of rotatable bonds is 5. The molecule has 2 aromatic rings. The van der Waals surface area contributed by atoms with Gasteiger partial charge in [-0.2, -0.15) is 5.26 Å². The first kappa shape index (κ1) is 15.4. The number of esters is 1. The van der Waals surface area contributed by atoms with Crippen LogP contribution in [0.5, 0.6) is 0 Å². The summed E-state index contributed by atoms with van der Waals surface area (Å²) in [6.07, 6.45) is 0.284. The number of thiophene rings is 1. The first-order valence-corrected chi connectivity index (χ1v) is 7.39. The van der Waals surface area contributed by atoms with E-state index in [0.717, 1.165) is 15.4 Å². The highest BCUT2D eigenvalue weighted by molar-refractivity contribution is 7.12. The van der Waals surface area contributed by atoms with E-state index in [4.69, 9.17) is 16.9 Å². The van der Waals surface area contributed by atoms with E-state index >= 15 is 0 Å². The Hall–Kier alpha value is -2.03. The third-order valence-electron chi connectivity index (χ3n) is 2.81. The maximum Gasteiger partial charge on any atom is 0.310 e. The Morgan fingerprint density at radius 3 is 2.86 bits per heavy atom. The fraction of sp³-hybridized carbons (Fsp3) is 0.200. The summed E-state index contributed by atoms with van der Waals surface area (Å²) in [6.45, 7) is 0.584. The summed E-state index contributed by atoms with van der Waals surface area (Å²) in [4.78, 5) is 13.2. The second-order valence-electron chi connectivity index (χ2n) is 4.28. The van der Waals surface area contributed by atoms with Crippen molar-refractivity contribution in [3.8, 4) is 6.07 Å². The molecule has 1 aromatic carbocycles. The van der Waals surface area contributed by atoms with E-state index in [1.165, 1.54) is 7.11 Å². The number of halogens is 1. The fourth-order valence-corrected chi connectivity index (χ4v) is 2.87. The van der Waals surface area contributed by atoms with Crippen molar-refractivity contribution in [1.29, 1.82) is 5.26 Å². The van der Waals surface area contributed by atoms with Crippen LogP contribution in [0.2, 0.25) is 5.02 Å². The minimum absolute atomic E-state index is 0.249. The van der Waals surface area contributed by atoms with Crippen LogP contribution < -0.4 is 5.32 Å². The number of methoxy groups -OCH3 is 1. The standard InChI is InChI=1S/C15H13ClN2O2S/c1-20-15(19)7-11-3-4-12(21-11)9-18-14-6-10(8-17)2-5-13(14)16/h2-6,18H,7,9H2,1H3. The lowest BCUT2D eigenvalue weighted by atomic mass is 10.2. The van der Waals surface area contributed by atoms with Crippen molar-refractivity contribution in [3.63, 3.8) is 0 Å². The Morgan fingerprint density at radius 1 is 1.38 bits per heavy atom. The van der Waals surface area contributed by atoms with Crippen LogP contribution in [0.1, 0.15) is 15.3 Å². The number of benzene rings is 1. The number of carbonyl (C=O) groups is 1. The predicted octanol–water partition coefficient (Wildman–Crippen LogP) is 3.60. The summed E-state index contributed by atoms with van der Waals surface area (Å²) in [7, 11) is 1.38. The number of nitrogens with zero attached hydrogens (tertiary/aromatic N) is 1. The first-order valence-electron chi connectivity index (χ1n) is 6.20. The molecule has 0 atom stereocenters. The zero-order chi connectivity index (χ0) is 15.2. The van der Waals surface area contributed by atoms with Gasteiger partial charge in [-0.1, -0.05) is 11.6 Å². The Kier molecular flexibility index (Phi) is 5.20. The molecule has 108 valence electrons. The SMILES string of the molecule is COC(=O)Cc1ccc(CNc2cc(C#N)ccc2Cl)s1. The lowest BCUT2D eigenvalue weighted by molar-refractivity contribution is -0.139. The van der Waals surface area contributed by atoms with Gasteiger partial charge >= 0.3 is 5.97 Å². The third-order valence-corrected chi connectivity index (χ3v) is 4.23. The summed E-state index contributed by atoms with van der Waals surface area (Å²) >= 11 is 7.62. The van der Waals surface area contributed by atoms with Gasteiger partial charge in [-0.05, 0) is 30.3 Å². The van der Waals surface area contributed by atoms with Gasteiger partial charge in [0.15, 0.2) is 0 Å². The molecule has 0 aliphatic carbocycles. The number of ether oxygens (including phenoxy) is 1. The lowest BCUT2D eigenvalue weighted by Gasteiger charge is -2.07. The smallest absolute Gasteiger partial charge is 0.310 e. The van der Waals surface area contributed by atoms with Gasteiger partial charge in [-0.15, -0.1) is 11.3 Å². The van der Waals surface area contributed by atoms with Crippen LogP contribution in [0, 0.1) is 11.3 Å². The van der Waals surface area contributed by atoms with Crippen LogP contribution in [-0.4, -0.2) is 13.1 Å². The van der Waals surface area contributed by atoms with E-state index in [1.807, 2.05) is 12.1 Å². The van der Waals surface area contributed by atoms with Gasteiger partial charge in [0.1, 0.15) is 0 Å². The van der Waals surface area contributed by atoms with Gasteiger partial charge in [-0.3, -0.25) is 4.79 Å². The normalized spacial score (nSPS) is 9.95. The predicted molar refractivity (Wildman–Crippen MR) is 83.5 cm³/mol. The summed E-state index contributed by atoms with van der Waals surface area (Å²) in [6, 6.07) is 11.0. The van der Waals surface area contributed by atoms with Crippen molar-refractivity contribution in [3.05, 3.63) is 50.7 Å². The molecule has 0 aliphatic rings. The quantitative estimate of drug-likeness (QED) is 0.855. The summed E-state index contributed by atoms with van der Waals surface area (Å²) in [5.41, 5.74) is 1.28. The molecular formula is C15H13ClN2O2S. The van der Waals surface area contributed by atoms with Gasteiger partial charge in [0, 0.05) is 16.3 Å². The Labute approximate surface area is 131 Å². The molecule has 2 rings (SSSR count). The third kappa shape index (κ3) is 4.22. The second-order valence-corrected chi connectivity index (χ2v) is 5.94. The minimum atomic E-state index is -0.249. The molecule has 0 aliphatic heterocycles. The van der Waals surface area contributed by atoms with Gasteiger partial charge < -0.3 is 10.1 Å². The molecular weight excluding hydrogens is 308 g/mol. The largest absolute Gasteiger partial charge is 0.469 e.